The highest BCUT2D eigenvalue weighted by Crippen LogP contribution is 2.74. The van der Waals surface area contributed by atoms with Crippen LogP contribution in [0.5, 0.6) is 0 Å². The fourth-order valence-corrected chi connectivity index (χ4v) is 36.1. The van der Waals surface area contributed by atoms with Crippen LogP contribution in [0.15, 0.2) is 172 Å². The second kappa shape index (κ2) is 29.7. The molecule has 688 valence electrons. The fourth-order valence-electron chi connectivity index (χ4n) is 31.8. The van der Waals surface area contributed by atoms with Crippen LogP contribution in [0.1, 0.15) is 319 Å². The van der Waals surface area contributed by atoms with E-state index in [1.807, 2.05) is 45.3 Å². The lowest BCUT2D eigenvalue weighted by molar-refractivity contribution is -0.0629. The molecule has 11 nitrogen and oxygen atoms in total. The molecule has 7 atom stereocenters. The third-order valence-electron chi connectivity index (χ3n) is 39.1. The number of aryl methyl sites for hydroxylation is 10. The minimum Gasteiger partial charge on any atom is -0.456 e. The molecule has 6 aliphatic carbocycles. The Morgan fingerprint density at radius 2 is 0.674 bits per heavy atom. The van der Waals surface area contributed by atoms with Gasteiger partial charge in [0.1, 0.15) is 5.76 Å². The Morgan fingerprint density at radius 3 is 1.11 bits per heavy atom. The summed E-state index contributed by atoms with van der Waals surface area (Å²) in [4.78, 5) is 13.9. The molecule has 15 aromatic rings. The molecule has 6 fully saturated rings. The van der Waals surface area contributed by atoms with E-state index in [1.165, 1.54) is 222 Å². The summed E-state index contributed by atoms with van der Waals surface area (Å²) in [5, 5.41) is 9.02. The Balaban J connectivity index is 0.0000000937. The van der Waals surface area contributed by atoms with Gasteiger partial charge < -0.3 is 51.8 Å². The fraction of sp³-hybridized carbons (Fsp3) is 0.487. The Bertz CT molecular complexity index is 6950. The molecule has 7 unspecified atom stereocenters. The molecule has 6 saturated carbocycles. The average molecular weight is 1830 g/mol. The first-order valence-electron chi connectivity index (χ1n) is 50.2. The van der Waals surface area contributed by atoms with E-state index < -0.39 is 0 Å². The summed E-state index contributed by atoms with van der Waals surface area (Å²) in [7, 11) is 11.3. The molecule has 13 aliphatic rings. The highest BCUT2D eigenvalue weighted by atomic mass is 32.1. The van der Waals surface area contributed by atoms with Crippen LogP contribution in [0.4, 0.5) is 28.4 Å². The van der Waals surface area contributed by atoms with Crippen LogP contribution >= 0.6 is 45.3 Å². The minimum absolute atomic E-state index is 0.0416. The highest BCUT2D eigenvalue weighted by molar-refractivity contribution is 7.18. The van der Waals surface area contributed by atoms with Crippen LogP contribution in [0.3, 0.4) is 0 Å². The number of thiophene rings is 4. The summed E-state index contributed by atoms with van der Waals surface area (Å²) >= 11 is 7.67. The van der Waals surface area contributed by atoms with Crippen molar-refractivity contribution in [3.8, 4) is 0 Å². The first-order chi connectivity index (χ1) is 63.0. The predicted molar refractivity (Wildman–Crippen MR) is 561 cm³/mol. The zero-order chi connectivity index (χ0) is 92.2. The van der Waals surface area contributed by atoms with Crippen LogP contribution in [0.25, 0.3) is 52.0 Å². The van der Waals surface area contributed by atoms with Gasteiger partial charge >= 0.3 is 0 Å². The normalized spacial score (nSPS) is 27.6. The summed E-state index contributed by atoms with van der Waals surface area (Å²) in [5.74, 6) is 4.83. The van der Waals surface area contributed by atoms with Crippen molar-refractivity contribution in [3.05, 3.63) is 263 Å². The van der Waals surface area contributed by atoms with E-state index in [0.29, 0.717) is 30.2 Å². The van der Waals surface area contributed by atoms with Gasteiger partial charge in [0.15, 0.2) is 5.58 Å². The van der Waals surface area contributed by atoms with Gasteiger partial charge in [-0.1, -0.05) is 178 Å². The summed E-state index contributed by atoms with van der Waals surface area (Å²) in [5.41, 5.74) is 39.8. The lowest BCUT2D eigenvalue weighted by atomic mass is 9.47. The first-order valence-corrected chi connectivity index (χ1v) is 53.7. The van der Waals surface area contributed by atoms with E-state index in [2.05, 4.69) is 388 Å². The lowest BCUT2D eigenvalue weighted by Gasteiger charge is -2.64. The quantitative estimate of drug-likeness (QED) is 0.176. The second-order valence-electron chi connectivity index (χ2n) is 45.4. The standard InChI is InChI=1S/C26H30N2S.2C24H30N2S.C22H26N2S.C21H24N2O/c1-15-6-4-5-7-21(15)28-16(2)23-24-22(8-9-29-24)27(3)25(23)26(28)19-11-17-10-18(13-19)14-20(26)12-17;2*1-14-10-9-11-16-19(14)26-15(2)18-20-17(12-13-27-20)25(8)21(18)24(26,7)23(5,6)22(16,3)4;1-15-9-5-6-10-17(15)24-16(2)19-20-18(11-14-25-20)23(3)21(19)22(24)12-7-4-8-13-22;1-14-8-4-5-9-16(14)23-15(2)18-19-17(10-13-22(19)3)24-20(18)21(23)11-6-7-12-21/h4-9,16-20H,10-14H2,1-3H3;2*9-13,15H,1-8H3;5-6,9-11,14,16H,4,7-8,12-13H2,1-3H3;4-5,8-10,13,15H,6-7,11-12H2,1-3H3. The predicted octanol–water partition coefficient (Wildman–Crippen LogP) is 31.8. The lowest BCUT2D eigenvalue weighted by Crippen LogP contribution is -2.62. The highest BCUT2D eigenvalue weighted by Gasteiger charge is 2.70. The molecule has 28 rings (SSSR count). The third-order valence-corrected chi connectivity index (χ3v) is 42.8. The molecule has 0 amide bonds. The van der Waals surface area contributed by atoms with Crippen molar-refractivity contribution in [2.45, 2.75) is 297 Å². The van der Waals surface area contributed by atoms with E-state index in [9.17, 15) is 0 Å². The molecule has 0 N–H and O–H groups in total. The van der Waals surface area contributed by atoms with Crippen LogP contribution in [-0.2, 0) is 73.8 Å². The number of anilines is 5. The molecule has 7 aliphatic heterocycles. The van der Waals surface area contributed by atoms with Crippen LogP contribution in [-0.4, -0.2) is 22.8 Å². The van der Waals surface area contributed by atoms with Crippen LogP contribution < -0.4 is 24.5 Å². The molecule has 0 saturated heterocycles. The van der Waals surface area contributed by atoms with Gasteiger partial charge in [-0.25, -0.2) is 0 Å². The van der Waals surface area contributed by atoms with Crippen molar-refractivity contribution < 1.29 is 4.42 Å². The number of nitrogens with zero attached hydrogens (tertiary/aromatic N) is 10. The van der Waals surface area contributed by atoms with Gasteiger partial charge in [-0.05, 0) is 284 Å². The maximum atomic E-state index is 6.47. The number of benzene rings is 5. The van der Waals surface area contributed by atoms with E-state index in [4.69, 9.17) is 4.42 Å². The van der Waals surface area contributed by atoms with Gasteiger partial charge in [0.25, 0.3) is 0 Å². The van der Waals surface area contributed by atoms with E-state index in [0.717, 1.165) is 29.3 Å². The Labute approximate surface area is 800 Å². The van der Waals surface area contributed by atoms with Crippen molar-refractivity contribution in [3.63, 3.8) is 0 Å². The van der Waals surface area contributed by atoms with Crippen LogP contribution in [0.2, 0.25) is 0 Å². The SMILES string of the molecule is Cc1cccc2c1N1C(C)c3c(n(C)c4ccsc34)C1(C)C(C)(C)C2(C)C.Cc1cccc2c1N1C(C)c3c(n(C)c4ccsc34)C1(C)C(C)(C)C2(C)C.Cc1ccccc1N1C(C)c2c(n(C)c3ccsc23)C12C1CC3CC(C1)CC2C3.Cc1ccccc1N1C(C)c2c(n(C)c3ccsc23)C12CCCCC2.Cc1ccccc1N1C(C)c2c(oc3ccn(C)c23)C12CCCC2. The largest absolute Gasteiger partial charge is 0.456 e. The molecular weight excluding hydrogens is 1690 g/mol. The van der Waals surface area contributed by atoms with Gasteiger partial charge in [-0.15, -0.1) is 45.3 Å². The third kappa shape index (κ3) is 10.9. The van der Waals surface area contributed by atoms with Crippen LogP contribution in [0, 0.1) is 69.1 Å². The van der Waals surface area contributed by atoms with Crippen molar-refractivity contribution >= 4 is 126 Å². The maximum Gasteiger partial charge on any atom is 0.152 e. The van der Waals surface area contributed by atoms with Crippen molar-refractivity contribution in [1.29, 1.82) is 0 Å². The second-order valence-corrected chi connectivity index (χ2v) is 49.1. The molecule has 3 spiro atoms. The first kappa shape index (κ1) is 87.0. The minimum atomic E-state index is -0.0577. The van der Waals surface area contributed by atoms with E-state index in [-0.39, 0.29) is 49.4 Å². The van der Waals surface area contributed by atoms with Gasteiger partial charge in [0.2, 0.25) is 0 Å². The number of hydrogen-bond donors (Lipinski definition) is 0. The summed E-state index contributed by atoms with van der Waals surface area (Å²) in [6.45, 7) is 48.2. The van der Waals surface area contributed by atoms with Crippen molar-refractivity contribution in [2.75, 3.05) is 24.5 Å². The number of fused-ring (bicyclic) bond motifs is 25. The van der Waals surface area contributed by atoms with Crippen molar-refractivity contribution in [1.82, 2.24) is 22.8 Å². The molecule has 0 radical (unpaired) electrons. The van der Waals surface area contributed by atoms with E-state index in [1.54, 1.807) is 38.3 Å². The number of rotatable bonds is 3. The summed E-state index contributed by atoms with van der Waals surface area (Å²) < 4.78 is 24.8. The van der Waals surface area contributed by atoms with Crippen molar-refractivity contribution in [2.24, 2.45) is 69.7 Å². The van der Waals surface area contributed by atoms with Gasteiger partial charge in [-0.2, -0.15) is 0 Å². The molecule has 10 aromatic heterocycles. The van der Waals surface area contributed by atoms with E-state index >= 15 is 0 Å². The zero-order valence-electron chi connectivity index (χ0n) is 83.3. The molecule has 132 heavy (non-hydrogen) atoms. The maximum absolute atomic E-state index is 6.47. The molecule has 5 aromatic carbocycles. The Kier molecular flexibility index (Phi) is 19.6. The van der Waals surface area contributed by atoms with Gasteiger partial charge in [-0.3, -0.25) is 0 Å². The zero-order valence-corrected chi connectivity index (χ0v) is 86.5. The topological polar surface area (TPSA) is 54.0 Å². The monoisotopic (exact) mass is 1830 g/mol. The van der Waals surface area contributed by atoms with Gasteiger partial charge in [0, 0.05) is 109 Å². The number of furan rings is 1. The molecule has 4 bridgehead atoms. The number of hydrogen-bond acceptors (Lipinski definition) is 10. The summed E-state index contributed by atoms with van der Waals surface area (Å²) in [6.07, 6.45) is 21.0. The molecular formula is C117H140N10OS4. The number of aromatic nitrogens is 5. The summed E-state index contributed by atoms with van der Waals surface area (Å²) in [6, 6.07) is 54.0. The average Bonchev–Trinajstić information content (AvgIpc) is 1.46. The molecule has 17 heterocycles. The molecule has 15 heteroatoms. The van der Waals surface area contributed by atoms with Gasteiger partial charge in [0.05, 0.1) is 127 Å². The Hall–Kier alpha value is -9.12. The Morgan fingerprint density at radius 1 is 0.333 bits per heavy atom. The number of para-hydroxylation sites is 5. The smallest absolute Gasteiger partial charge is 0.152 e.